The summed E-state index contributed by atoms with van der Waals surface area (Å²) < 4.78 is 0. The van der Waals surface area contributed by atoms with Gasteiger partial charge in [-0.05, 0) is 24.3 Å². The van der Waals surface area contributed by atoms with Gasteiger partial charge in [0.25, 0.3) is 0 Å². The lowest BCUT2D eigenvalue weighted by molar-refractivity contribution is -0.132. The van der Waals surface area contributed by atoms with Crippen molar-refractivity contribution in [3.05, 3.63) is 34.5 Å². The average molecular weight is 251 g/mol. The summed E-state index contributed by atoms with van der Waals surface area (Å²) in [6.07, 6.45) is 3.95. The summed E-state index contributed by atoms with van der Waals surface area (Å²) >= 11 is 1.63. The number of aliphatic carboxylic acids is 1. The Kier molecular flexibility index (Phi) is 3.58. The van der Waals surface area contributed by atoms with Crippen LogP contribution in [-0.2, 0) is 9.59 Å². The zero-order valence-corrected chi connectivity index (χ0v) is 10.0. The van der Waals surface area contributed by atoms with Crippen LogP contribution in [0.5, 0.6) is 0 Å². The Labute approximate surface area is 103 Å². The van der Waals surface area contributed by atoms with Crippen LogP contribution in [0.2, 0.25) is 0 Å². The predicted octanol–water partition coefficient (Wildman–Crippen LogP) is 2.05. The van der Waals surface area contributed by atoms with E-state index in [4.69, 9.17) is 5.11 Å². The van der Waals surface area contributed by atoms with Crippen molar-refractivity contribution < 1.29 is 14.7 Å². The Hall–Kier alpha value is -1.62. The van der Waals surface area contributed by atoms with E-state index in [-0.39, 0.29) is 11.9 Å². The lowest BCUT2D eigenvalue weighted by Crippen LogP contribution is -2.28. The molecular weight excluding hydrogens is 238 g/mol. The number of carboxylic acid groups (broad SMARTS) is 1. The van der Waals surface area contributed by atoms with Crippen LogP contribution < -0.4 is 0 Å². The second-order valence-corrected chi connectivity index (χ2v) is 4.86. The Morgan fingerprint density at radius 3 is 2.94 bits per heavy atom. The highest BCUT2D eigenvalue weighted by molar-refractivity contribution is 7.10. The monoisotopic (exact) mass is 251 g/mol. The minimum Gasteiger partial charge on any atom is -0.478 e. The maximum absolute atomic E-state index is 11.8. The van der Waals surface area contributed by atoms with Gasteiger partial charge in [0.15, 0.2) is 0 Å². The summed E-state index contributed by atoms with van der Waals surface area (Å²) in [4.78, 5) is 25.1. The molecule has 1 aromatic rings. The van der Waals surface area contributed by atoms with Gasteiger partial charge < -0.3 is 10.0 Å². The van der Waals surface area contributed by atoms with Crippen molar-refractivity contribution in [3.63, 3.8) is 0 Å². The van der Waals surface area contributed by atoms with Crippen LogP contribution in [0.4, 0.5) is 0 Å². The summed E-state index contributed by atoms with van der Waals surface area (Å²) in [5.41, 5.74) is 0. The van der Waals surface area contributed by atoms with Gasteiger partial charge >= 0.3 is 5.97 Å². The SMILES string of the molecule is O=C(O)/C=C/C(=O)N1CCCC1c1cccs1. The van der Waals surface area contributed by atoms with E-state index < -0.39 is 5.97 Å². The lowest BCUT2D eigenvalue weighted by atomic mass is 10.2. The van der Waals surface area contributed by atoms with E-state index >= 15 is 0 Å². The highest BCUT2D eigenvalue weighted by Crippen LogP contribution is 2.34. The lowest BCUT2D eigenvalue weighted by Gasteiger charge is -2.22. The summed E-state index contributed by atoms with van der Waals surface area (Å²) in [6.45, 7) is 0.700. The number of hydrogen-bond donors (Lipinski definition) is 1. The molecule has 1 unspecified atom stereocenters. The van der Waals surface area contributed by atoms with Gasteiger partial charge in [-0.25, -0.2) is 4.79 Å². The first-order chi connectivity index (χ1) is 8.18. The first-order valence-corrected chi connectivity index (χ1v) is 6.31. The fourth-order valence-electron chi connectivity index (χ4n) is 2.05. The number of carboxylic acids is 1. The Bertz CT molecular complexity index is 439. The highest BCUT2D eigenvalue weighted by Gasteiger charge is 2.29. The average Bonchev–Trinajstić information content (AvgIpc) is 2.94. The van der Waals surface area contributed by atoms with E-state index in [2.05, 4.69) is 0 Å². The molecule has 1 amide bonds. The van der Waals surface area contributed by atoms with E-state index in [0.29, 0.717) is 6.54 Å². The first kappa shape index (κ1) is 11.9. The van der Waals surface area contributed by atoms with Crippen molar-refractivity contribution in [2.24, 2.45) is 0 Å². The van der Waals surface area contributed by atoms with Crippen LogP contribution in [0.15, 0.2) is 29.7 Å². The molecule has 0 bridgehead atoms. The van der Waals surface area contributed by atoms with Gasteiger partial charge in [-0.15, -0.1) is 11.3 Å². The molecule has 1 fully saturated rings. The molecule has 1 atom stereocenters. The zero-order valence-electron chi connectivity index (χ0n) is 9.20. The Morgan fingerprint density at radius 2 is 2.29 bits per heavy atom. The second kappa shape index (κ2) is 5.14. The maximum Gasteiger partial charge on any atom is 0.328 e. The number of carbonyl (C=O) groups excluding carboxylic acids is 1. The Balaban J connectivity index is 2.10. The molecule has 17 heavy (non-hydrogen) atoms. The van der Waals surface area contributed by atoms with Crippen LogP contribution in [0.3, 0.4) is 0 Å². The zero-order chi connectivity index (χ0) is 12.3. The minimum absolute atomic E-state index is 0.112. The maximum atomic E-state index is 11.8. The number of carbonyl (C=O) groups is 2. The molecule has 4 nitrogen and oxygen atoms in total. The van der Waals surface area contributed by atoms with Gasteiger partial charge in [-0.2, -0.15) is 0 Å². The first-order valence-electron chi connectivity index (χ1n) is 5.43. The molecule has 0 aromatic carbocycles. The number of amides is 1. The van der Waals surface area contributed by atoms with E-state index in [0.717, 1.165) is 25.0 Å². The molecule has 1 saturated heterocycles. The molecule has 1 aliphatic rings. The van der Waals surface area contributed by atoms with Crippen LogP contribution in [-0.4, -0.2) is 28.4 Å². The van der Waals surface area contributed by atoms with Gasteiger partial charge in [0, 0.05) is 23.6 Å². The summed E-state index contributed by atoms with van der Waals surface area (Å²) in [7, 11) is 0. The smallest absolute Gasteiger partial charge is 0.328 e. The number of hydrogen-bond acceptors (Lipinski definition) is 3. The predicted molar refractivity (Wildman–Crippen MR) is 64.8 cm³/mol. The van der Waals surface area contributed by atoms with Gasteiger partial charge in [0.1, 0.15) is 0 Å². The van der Waals surface area contributed by atoms with Crippen LogP contribution in [0, 0.1) is 0 Å². The normalized spacial score (nSPS) is 20.0. The molecule has 1 aliphatic heterocycles. The van der Waals surface area contributed by atoms with Crippen molar-refractivity contribution in [1.29, 1.82) is 0 Å². The minimum atomic E-state index is -1.09. The van der Waals surface area contributed by atoms with E-state index in [1.807, 2.05) is 17.5 Å². The van der Waals surface area contributed by atoms with Gasteiger partial charge in [0.05, 0.1) is 6.04 Å². The number of likely N-dealkylation sites (tertiary alicyclic amines) is 1. The molecule has 0 aliphatic carbocycles. The van der Waals surface area contributed by atoms with Crippen molar-refractivity contribution in [2.45, 2.75) is 18.9 Å². The van der Waals surface area contributed by atoms with Crippen molar-refractivity contribution in [1.82, 2.24) is 4.90 Å². The van der Waals surface area contributed by atoms with E-state index in [1.54, 1.807) is 16.2 Å². The number of nitrogens with zero attached hydrogens (tertiary/aromatic N) is 1. The van der Waals surface area contributed by atoms with E-state index in [9.17, 15) is 9.59 Å². The van der Waals surface area contributed by atoms with E-state index in [1.165, 1.54) is 4.88 Å². The highest BCUT2D eigenvalue weighted by atomic mass is 32.1. The molecule has 5 heteroatoms. The summed E-state index contributed by atoms with van der Waals surface area (Å²) in [6, 6.07) is 4.09. The number of thiophene rings is 1. The topological polar surface area (TPSA) is 57.6 Å². The molecule has 1 N–H and O–H groups in total. The van der Waals surface area contributed by atoms with Crippen LogP contribution >= 0.6 is 11.3 Å². The third kappa shape index (κ3) is 2.74. The quantitative estimate of drug-likeness (QED) is 0.836. The van der Waals surface area contributed by atoms with Gasteiger partial charge in [0.2, 0.25) is 5.91 Å². The Morgan fingerprint density at radius 1 is 1.47 bits per heavy atom. The molecular formula is C12H13NO3S. The fraction of sp³-hybridized carbons (Fsp3) is 0.333. The molecule has 0 saturated carbocycles. The van der Waals surface area contributed by atoms with Crippen molar-refractivity contribution in [2.75, 3.05) is 6.54 Å². The van der Waals surface area contributed by atoms with Gasteiger partial charge in [-0.3, -0.25) is 4.79 Å². The van der Waals surface area contributed by atoms with Gasteiger partial charge in [-0.1, -0.05) is 6.07 Å². The molecule has 2 rings (SSSR count). The third-order valence-electron chi connectivity index (χ3n) is 2.78. The molecule has 0 radical (unpaired) electrons. The second-order valence-electron chi connectivity index (χ2n) is 3.88. The summed E-state index contributed by atoms with van der Waals surface area (Å²) in [5, 5.41) is 10.5. The molecule has 2 heterocycles. The number of rotatable bonds is 3. The fourth-order valence-corrected chi connectivity index (χ4v) is 2.92. The molecule has 0 spiro atoms. The molecule has 1 aromatic heterocycles. The standard InChI is InChI=1S/C12H13NO3S/c14-11(5-6-12(15)16)13-7-1-3-9(13)10-4-2-8-17-10/h2,4-6,8-9H,1,3,7H2,(H,15,16)/b6-5+. The van der Waals surface area contributed by atoms with Crippen molar-refractivity contribution >= 4 is 23.2 Å². The van der Waals surface area contributed by atoms with Crippen LogP contribution in [0.1, 0.15) is 23.8 Å². The summed E-state index contributed by atoms with van der Waals surface area (Å²) in [5.74, 6) is -1.31. The van der Waals surface area contributed by atoms with Crippen molar-refractivity contribution in [3.8, 4) is 0 Å². The van der Waals surface area contributed by atoms with Crippen LogP contribution in [0.25, 0.3) is 0 Å². The molecule has 90 valence electrons. The largest absolute Gasteiger partial charge is 0.478 e. The third-order valence-corrected chi connectivity index (χ3v) is 3.75.